The molecule has 0 saturated carbocycles. The molecule has 0 saturated heterocycles. The lowest BCUT2D eigenvalue weighted by molar-refractivity contribution is 0.619. The van der Waals surface area contributed by atoms with E-state index in [0.29, 0.717) is 11.8 Å². The van der Waals surface area contributed by atoms with Gasteiger partial charge >= 0.3 is 0 Å². The van der Waals surface area contributed by atoms with E-state index in [1.54, 1.807) is 0 Å². The van der Waals surface area contributed by atoms with Gasteiger partial charge in [-0.2, -0.15) is 0 Å². The molecule has 0 unspecified atom stereocenters. The van der Waals surface area contributed by atoms with E-state index in [0.717, 1.165) is 94.7 Å². The maximum Gasteiger partial charge on any atom is 0.227 e. The fourth-order valence-electron chi connectivity index (χ4n) is 9.43. The monoisotopic (exact) mass is 846 g/mol. The molecule has 310 valence electrons. The second-order valence-corrected chi connectivity index (χ2v) is 16.6. The summed E-state index contributed by atoms with van der Waals surface area (Å²) in [7, 11) is 0. The standard InChI is InChI=1S/C60H38N4O2/c1-2-11-46(12-3-1)63(48-34-26-44(27-35-48)59-61-52-14-6-8-16-56(52)65-59)47-30-22-41(23-31-47)39-18-20-40(21-19-39)42-24-32-49(33-25-42)64-54-36-29-45(60-62-53-15-7-9-17-57(53)66-60)38-51(54)58-50-13-5-4-10-43(50)28-37-55(58)64/h1-38H. The molecule has 0 spiro atoms. The molecule has 66 heavy (non-hydrogen) atoms. The predicted molar refractivity (Wildman–Crippen MR) is 270 cm³/mol. The van der Waals surface area contributed by atoms with Crippen LogP contribution in [-0.2, 0) is 0 Å². The van der Waals surface area contributed by atoms with Gasteiger partial charge in [-0.3, -0.25) is 0 Å². The average molecular weight is 847 g/mol. The van der Waals surface area contributed by atoms with Gasteiger partial charge in [0.05, 0.1) is 11.0 Å². The predicted octanol–water partition coefficient (Wildman–Crippen LogP) is 16.4. The van der Waals surface area contributed by atoms with Gasteiger partial charge in [0.15, 0.2) is 11.2 Å². The number of hydrogen-bond acceptors (Lipinski definition) is 5. The summed E-state index contributed by atoms with van der Waals surface area (Å²) in [6.45, 7) is 0. The Labute approximate surface area is 379 Å². The number of aromatic nitrogens is 3. The van der Waals surface area contributed by atoms with E-state index in [4.69, 9.17) is 18.8 Å². The van der Waals surface area contributed by atoms with Crippen molar-refractivity contribution in [2.45, 2.75) is 0 Å². The molecule has 0 N–H and O–H groups in total. The Kier molecular flexibility index (Phi) is 8.74. The number of benzene rings is 10. The van der Waals surface area contributed by atoms with Gasteiger partial charge < -0.3 is 18.3 Å². The van der Waals surface area contributed by atoms with Crippen molar-refractivity contribution in [1.82, 2.24) is 14.5 Å². The zero-order valence-electron chi connectivity index (χ0n) is 35.5. The van der Waals surface area contributed by atoms with Crippen LogP contribution < -0.4 is 4.90 Å². The van der Waals surface area contributed by atoms with Gasteiger partial charge in [0, 0.05) is 44.6 Å². The van der Waals surface area contributed by atoms with Crippen molar-refractivity contribution >= 4 is 71.8 Å². The molecular weight excluding hydrogens is 809 g/mol. The van der Waals surface area contributed by atoms with Gasteiger partial charge in [-0.1, -0.05) is 121 Å². The Morgan fingerprint density at radius 1 is 0.348 bits per heavy atom. The topological polar surface area (TPSA) is 60.2 Å². The minimum absolute atomic E-state index is 0.614. The van der Waals surface area contributed by atoms with Crippen LogP contribution in [0.15, 0.2) is 239 Å². The molecule has 0 aliphatic rings. The number of rotatable bonds is 8. The van der Waals surface area contributed by atoms with Crippen LogP contribution >= 0.6 is 0 Å². The van der Waals surface area contributed by atoms with Crippen LogP contribution in [0.1, 0.15) is 0 Å². The van der Waals surface area contributed by atoms with Crippen LogP contribution in [0.4, 0.5) is 17.1 Å². The number of fused-ring (bicyclic) bond motifs is 7. The first-order chi connectivity index (χ1) is 32.7. The minimum atomic E-state index is 0.614. The number of hydrogen-bond donors (Lipinski definition) is 0. The van der Waals surface area contributed by atoms with E-state index < -0.39 is 0 Å². The zero-order valence-corrected chi connectivity index (χ0v) is 35.5. The zero-order chi connectivity index (χ0) is 43.6. The maximum absolute atomic E-state index is 6.22. The summed E-state index contributed by atoms with van der Waals surface area (Å²) in [4.78, 5) is 11.8. The summed E-state index contributed by atoms with van der Waals surface area (Å²) in [5.74, 6) is 1.24. The van der Waals surface area contributed by atoms with Gasteiger partial charge in [-0.25, -0.2) is 9.97 Å². The van der Waals surface area contributed by atoms with Crippen molar-refractivity contribution in [1.29, 1.82) is 0 Å². The van der Waals surface area contributed by atoms with Crippen molar-refractivity contribution in [2.24, 2.45) is 0 Å². The summed E-state index contributed by atoms with van der Waals surface area (Å²) in [6.07, 6.45) is 0. The molecule has 0 atom stereocenters. The van der Waals surface area contributed by atoms with Gasteiger partial charge in [-0.15, -0.1) is 0 Å². The first-order valence-electron chi connectivity index (χ1n) is 22.1. The molecule has 0 fully saturated rings. The smallest absolute Gasteiger partial charge is 0.227 e. The van der Waals surface area contributed by atoms with Crippen molar-refractivity contribution in [2.75, 3.05) is 4.90 Å². The fourth-order valence-corrected chi connectivity index (χ4v) is 9.43. The average Bonchev–Trinajstić information content (AvgIpc) is 4.12. The van der Waals surface area contributed by atoms with Gasteiger partial charge in [-0.05, 0) is 142 Å². The molecule has 10 aromatic carbocycles. The Morgan fingerprint density at radius 3 is 1.44 bits per heavy atom. The summed E-state index contributed by atoms with van der Waals surface area (Å²) < 4.78 is 14.7. The molecule has 0 aliphatic heterocycles. The quantitative estimate of drug-likeness (QED) is 0.152. The highest BCUT2D eigenvalue weighted by molar-refractivity contribution is 6.21. The molecule has 3 heterocycles. The molecule has 0 amide bonds. The number of para-hydroxylation sites is 5. The minimum Gasteiger partial charge on any atom is -0.436 e. The molecule has 6 heteroatoms. The molecule has 3 aromatic heterocycles. The second-order valence-electron chi connectivity index (χ2n) is 16.6. The van der Waals surface area contributed by atoms with Crippen LogP contribution in [-0.4, -0.2) is 14.5 Å². The molecule has 0 radical (unpaired) electrons. The number of anilines is 3. The van der Waals surface area contributed by atoms with Gasteiger partial charge in [0.2, 0.25) is 11.8 Å². The van der Waals surface area contributed by atoms with Crippen molar-refractivity contribution in [3.63, 3.8) is 0 Å². The lowest BCUT2D eigenvalue weighted by Crippen LogP contribution is -2.09. The normalized spacial score (nSPS) is 11.6. The molecule has 13 aromatic rings. The number of nitrogens with zero attached hydrogens (tertiary/aromatic N) is 4. The Bertz CT molecular complexity index is 3840. The Morgan fingerprint density at radius 2 is 0.818 bits per heavy atom. The third-order valence-corrected chi connectivity index (χ3v) is 12.7. The Balaban J connectivity index is 0.790. The van der Waals surface area contributed by atoms with E-state index in [2.05, 4.69) is 185 Å². The van der Waals surface area contributed by atoms with Crippen molar-refractivity contribution in [3.8, 4) is 50.8 Å². The highest BCUT2D eigenvalue weighted by Crippen LogP contribution is 2.41. The lowest BCUT2D eigenvalue weighted by Gasteiger charge is -2.25. The van der Waals surface area contributed by atoms with E-state index in [1.807, 2.05) is 54.6 Å². The van der Waals surface area contributed by atoms with Gasteiger partial charge in [0.1, 0.15) is 11.0 Å². The summed E-state index contributed by atoms with van der Waals surface area (Å²) >= 11 is 0. The molecule has 0 aliphatic carbocycles. The first-order valence-corrected chi connectivity index (χ1v) is 22.1. The van der Waals surface area contributed by atoms with Crippen molar-refractivity contribution in [3.05, 3.63) is 231 Å². The van der Waals surface area contributed by atoms with Crippen LogP contribution in [0.5, 0.6) is 0 Å². The van der Waals surface area contributed by atoms with Crippen LogP contribution in [0.25, 0.3) is 106 Å². The van der Waals surface area contributed by atoms with E-state index in [1.165, 1.54) is 16.2 Å². The highest BCUT2D eigenvalue weighted by Gasteiger charge is 2.19. The number of oxazole rings is 2. The molecule has 6 nitrogen and oxygen atoms in total. The molecular formula is C60H38N4O2. The molecule has 0 bridgehead atoms. The second kappa shape index (κ2) is 15.4. The maximum atomic E-state index is 6.22. The van der Waals surface area contributed by atoms with Gasteiger partial charge in [0.25, 0.3) is 0 Å². The summed E-state index contributed by atoms with van der Waals surface area (Å²) in [5.41, 5.74) is 16.4. The van der Waals surface area contributed by atoms with Crippen LogP contribution in [0.2, 0.25) is 0 Å². The third kappa shape index (κ3) is 6.42. The SMILES string of the molecule is c1ccc(N(c2ccc(-c3ccc(-c4ccc(-n5c6ccc(-c7nc8ccccc8o7)cc6c6c7ccccc7ccc65)cc4)cc3)cc2)c2ccc(-c3nc4ccccc4o3)cc2)cc1. The van der Waals surface area contributed by atoms with Crippen LogP contribution in [0, 0.1) is 0 Å². The van der Waals surface area contributed by atoms with Crippen molar-refractivity contribution < 1.29 is 8.83 Å². The molecule has 13 rings (SSSR count). The van der Waals surface area contributed by atoms with E-state index in [-0.39, 0.29) is 0 Å². The highest BCUT2D eigenvalue weighted by atomic mass is 16.4. The first kappa shape index (κ1) is 37.5. The van der Waals surface area contributed by atoms with Crippen LogP contribution in [0.3, 0.4) is 0 Å². The largest absolute Gasteiger partial charge is 0.436 e. The van der Waals surface area contributed by atoms with E-state index in [9.17, 15) is 0 Å². The third-order valence-electron chi connectivity index (χ3n) is 12.7. The lowest BCUT2D eigenvalue weighted by atomic mass is 10.00. The Hall–Kier alpha value is -9.00. The van der Waals surface area contributed by atoms with E-state index >= 15 is 0 Å². The summed E-state index contributed by atoms with van der Waals surface area (Å²) in [6, 6.07) is 80.8. The fraction of sp³-hybridized carbons (Fsp3) is 0. The summed E-state index contributed by atoms with van der Waals surface area (Å²) in [5, 5.41) is 4.80.